The summed E-state index contributed by atoms with van der Waals surface area (Å²) < 4.78 is 7.81. The van der Waals surface area contributed by atoms with Crippen molar-refractivity contribution in [2.45, 2.75) is 19.4 Å². The maximum Gasteiger partial charge on any atom is 0.171 e. The SMILES string of the molecule is COC(C)CCNc1ccn2ncc(Br)c2n1. The topological polar surface area (TPSA) is 51.5 Å². The molecule has 0 saturated carbocycles. The van der Waals surface area contributed by atoms with Crippen LogP contribution in [0.1, 0.15) is 13.3 Å². The Morgan fingerprint density at radius 1 is 1.59 bits per heavy atom. The number of methoxy groups -OCH3 is 1. The van der Waals surface area contributed by atoms with Crippen molar-refractivity contribution < 1.29 is 4.74 Å². The molecule has 0 aliphatic rings. The molecule has 1 N–H and O–H groups in total. The Kier molecular flexibility index (Phi) is 3.96. The van der Waals surface area contributed by atoms with E-state index in [-0.39, 0.29) is 6.10 Å². The van der Waals surface area contributed by atoms with Gasteiger partial charge in [0.05, 0.1) is 16.8 Å². The fraction of sp³-hybridized carbons (Fsp3) is 0.455. The first-order chi connectivity index (χ1) is 8.20. The van der Waals surface area contributed by atoms with Gasteiger partial charge < -0.3 is 10.1 Å². The van der Waals surface area contributed by atoms with Gasteiger partial charge in [-0.15, -0.1) is 0 Å². The monoisotopic (exact) mass is 298 g/mol. The summed E-state index contributed by atoms with van der Waals surface area (Å²) in [4.78, 5) is 4.46. The van der Waals surface area contributed by atoms with E-state index in [1.807, 2.05) is 19.2 Å². The second-order valence-electron chi connectivity index (χ2n) is 3.84. The van der Waals surface area contributed by atoms with E-state index >= 15 is 0 Å². The van der Waals surface area contributed by atoms with Gasteiger partial charge in [-0.3, -0.25) is 0 Å². The van der Waals surface area contributed by atoms with Crippen LogP contribution in [-0.4, -0.2) is 34.4 Å². The highest BCUT2D eigenvalue weighted by molar-refractivity contribution is 9.10. The van der Waals surface area contributed by atoms with Crippen LogP contribution in [0, 0.1) is 0 Å². The van der Waals surface area contributed by atoms with E-state index in [9.17, 15) is 0 Å². The lowest BCUT2D eigenvalue weighted by molar-refractivity contribution is 0.114. The van der Waals surface area contributed by atoms with Crippen molar-refractivity contribution in [1.82, 2.24) is 14.6 Å². The van der Waals surface area contributed by atoms with Crippen molar-refractivity contribution in [3.8, 4) is 0 Å². The second kappa shape index (κ2) is 5.46. The maximum absolute atomic E-state index is 5.18. The molecule has 1 unspecified atom stereocenters. The zero-order valence-electron chi connectivity index (χ0n) is 9.85. The van der Waals surface area contributed by atoms with Gasteiger partial charge in [0.1, 0.15) is 5.82 Å². The Bertz CT molecular complexity index is 499. The summed E-state index contributed by atoms with van der Waals surface area (Å²) in [5.74, 6) is 0.849. The summed E-state index contributed by atoms with van der Waals surface area (Å²) >= 11 is 3.41. The number of ether oxygens (including phenoxy) is 1. The van der Waals surface area contributed by atoms with Crippen LogP contribution >= 0.6 is 15.9 Å². The predicted molar refractivity (Wildman–Crippen MR) is 70.3 cm³/mol. The van der Waals surface area contributed by atoms with Crippen LogP contribution in [-0.2, 0) is 4.74 Å². The van der Waals surface area contributed by atoms with Crippen LogP contribution in [0.3, 0.4) is 0 Å². The summed E-state index contributed by atoms with van der Waals surface area (Å²) in [5, 5.41) is 7.41. The molecule has 92 valence electrons. The smallest absolute Gasteiger partial charge is 0.171 e. The van der Waals surface area contributed by atoms with Crippen LogP contribution in [0.4, 0.5) is 5.82 Å². The largest absolute Gasteiger partial charge is 0.382 e. The third kappa shape index (κ3) is 2.95. The van der Waals surface area contributed by atoms with E-state index in [1.54, 1.807) is 17.8 Å². The van der Waals surface area contributed by atoms with Crippen LogP contribution in [0.2, 0.25) is 0 Å². The van der Waals surface area contributed by atoms with Gasteiger partial charge in [-0.1, -0.05) is 0 Å². The number of fused-ring (bicyclic) bond motifs is 1. The van der Waals surface area contributed by atoms with Crippen molar-refractivity contribution in [3.05, 3.63) is 22.9 Å². The Morgan fingerprint density at radius 3 is 3.18 bits per heavy atom. The molecule has 0 aliphatic heterocycles. The van der Waals surface area contributed by atoms with E-state index in [1.165, 1.54) is 0 Å². The van der Waals surface area contributed by atoms with Crippen molar-refractivity contribution in [2.75, 3.05) is 19.0 Å². The van der Waals surface area contributed by atoms with Gasteiger partial charge in [-0.25, -0.2) is 9.50 Å². The molecule has 0 saturated heterocycles. The molecule has 1 atom stereocenters. The molecule has 17 heavy (non-hydrogen) atoms. The molecule has 0 aliphatic carbocycles. The van der Waals surface area contributed by atoms with Crippen molar-refractivity contribution in [2.24, 2.45) is 0 Å². The first kappa shape index (κ1) is 12.3. The number of hydrogen-bond donors (Lipinski definition) is 1. The highest BCUT2D eigenvalue weighted by Gasteiger charge is 2.04. The van der Waals surface area contributed by atoms with E-state index in [4.69, 9.17) is 4.74 Å². The molecule has 5 nitrogen and oxygen atoms in total. The van der Waals surface area contributed by atoms with Gasteiger partial charge >= 0.3 is 0 Å². The molecule has 2 rings (SSSR count). The molecule has 0 radical (unpaired) electrons. The third-order valence-electron chi connectivity index (χ3n) is 2.59. The number of nitrogens with zero attached hydrogens (tertiary/aromatic N) is 3. The van der Waals surface area contributed by atoms with Crippen LogP contribution in [0.15, 0.2) is 22.9 Å². The van der Waals surface area contributed by atoms with Crippen LogP contribution < -0.4 is 5.32 Å². The lowest BCUT2D eigenvalue weighted by Gasteiger charge is -2.10. The summed E-state index contributed by atoms with van der Waals surface area (Å²) in [6, 6.07) is 1.91. The minimum atomic E-state index is 0.257. The van der Waals surface area contributed by atoms with Gasteiger partial charge in [0.25, 0.3) is 0 Å². The molecule has 0 amide bonds. The van der Waals surface area contributed by atoms with E-state index < -0.39 is 0 Å². The molecule has 0 fully saturated rings. The highest BCUT2D eigenvalue weighted by atomic mass is 79.9. The lowest BCUT2D eigenvalue weighted by atomic mass is 10.3. The minimum absolute atomic E-state index is 0.257. The Morgan fingerprint density at radius 2 is 2.41 bits per heavy atom. The number of hydrogen-bond acceptors (Lipinski definition) is 4. The van der Waals surface area contributed by atoms with Gasteiger partial charge in [-0.2, -0.15) is 5.10 Å². The zero-order valence-corrected chi connectivity index (χ0v) is 11.4. The van der Waals surface area contributed by atoms with Gasteiger partial charge in [0, 0.05) is 19.9 Å². The Labute approximate surface area is 108 Å². The van der Waals surface area contributed by atoms with Crippen LogP contribution in [0.5, 0.6) is 0 Å². The summed E-state index contributed by atoms with van der Waals surface area (Å²) in [6.07, 6.45) is 4.82. The number of nitrogens with one attached hydrogen (secondary N) is 1. The van der Waals surface area contributed by atoms with Gasteiger partial charge in [0.2, 0.25) is 0 Å². The number of aromatic nitrogens is 3. The molecular formula is C11H15BrN4O. The first-order valence-corrected chi connectivity index (χ1v) is 6.26. The molecule has 2 aromatic rings. The molecule has 0 bridgehead atoms. The molecule has 0 spiro atoms. The third-order valence-corrected chi connectivity index (χ3v) is 3.14. The number of anilines is 1. The van der Waals surface area contributed by atoms with Crippen molar-refractivity contribution >= 4 is 27.4 Å². The highest BCUT2D eigenvalue weighted by Crippen LogP contribution is 2.16. The van der Waals surface area contributed by atoms with Gasteiger partial charge in [-0.05, 0) is 35.3 Å². The number of rotatable bonds is 5. The van der Waals surface area contributed by atoms with Crippen molar-refractivity contribution in [1.29, 1.82) is 0 Å². The zero-order chi connectivity index (χ0) is 12.3. The average molecular weight is 299 g/mol. The fourth-order valence-electron chi connectivity index (χ4n) is 1.46. The Balaban J connectivity index is 2.01. The molecule has 6 heteroatoms. The second-order valence-corrected chi connectivity index (χ2v) is 4.69. The summed E-state index contributed by atoms with van der Waals surface area (Å²) in [6.45, 7) is 2.88. The van der Waals surface area contributed by atoms with Gasteiger partial charge in [0.15, 0.2) is 5.65 Å². The fourth-order valence-corrected chi connectivity index (χ4v) is 1.82. The summed E-state index contributed by atoms with van der Waals surface area (Å²) in [7, 11) is 1.72. The standard InChI is InChI=1S/C11H15BrN4O/c1-8(17-2)3-5-13-10-4-6-16-11(15-10)9(12)7-14-16/h4,6-8H,3,5H2,1-2H3,(H,13,15). The number of halogens is 1. The molecular weight excluding hydrogens is 284 g/mol. The minimum Gasteiger partial charge on any atom is -0.382 e. The van der Waals surface area contributed by atoms with Crippen LogP contribution in [0.25, 0.3) is 5.65 Å². The quantitative estimate of drug-likeness (QED) is 0.920. The normalized spacial score (nSPS) is 12.9. The predicted octanol–water partition coefficient (Wildman–Crippen LogP) is 2.33. The Hall–Kier alpha value is -1.14. The first-order valence-electron chi connectivity index (χ1n) is 5.47. The van der Waals surface area contributed by atoms with E-state index in [0.29, 0.717) is 0 Å². The molecule has 2 heterocycles. The average Bonchev–Trinajstić information content (AvgIpc) is 2.71. The maximum atomic E-state index is 5.18. The summed E-state index contributed by atoms with van der Waals surface area (Å²) in [5.41, 5.74) is 0.815. The molecule has 2 aromatic heterocycles. The van der Waals surface area contributed by atoms with E-state index in [0.717, 1.165) is 28.9 Å². The van der Waals surface area contributed by atoms with Crippen molar-refractivity contribution in [3.63, 3.8) is 0 Å². The molecule has 0 aromatic carbocycles. The lowest BCUT2D eigenvalue weighted by Crippen LogP contribution is -2.13. The van der Waals surface area contributed by atoms with E-state index in [2.05, 4.69) is 31.3 Å².